The van der Waals surface area contributed by atoms with Crippen LogP contribution in [0.5, 0.6) is 5.75 Å². The van der Waals surface area contributed by atoms with E-state index >= 15 is 0 Å². The minimum Gasteiger partial charge on any atom is -0.481 e. The predicted molar refractivity (Wildman–Crippen MR) is 118 cm³/mol. The molecule has 1 saturated heterocycles. The summed E-state index contributed by atoms with van der Waals surface area (Å²) >= 11 is 0. The molecule has 1 N–H and O–H groups in total. The van der Waals surface area contributed by atoms with E-state index in [9.17, 15) is 31.5 Å². The van der Waals surface area contributed by atoms with Crippen molar-refractivity contribution in [3.63, 3.8) is 0 Å². The second-order valence-electron chi connectivity index (χ2n) is 8.82. The smallest absolute Gasteiger partial charge is 0.481 e. The summed E-state index contributed by atoms with van der Waals surface area (Å²) in [6, 6.07) is 9.59. The number of nitrogens with zero attached hydrogens (tertiary/aromatic N) is 2. The van der Waals surface area contributed by atoms with Gasteiger partial charge in [0.05, 0.1) is 10.8 Å². The van der Waals surface area contributed by atoms with Crippen molar-refractivity contribution in [2.75, 3.05) is 18.0 Å². The summed E-state index contributed by atoms with van der Waals surface area (Å²) in [6.07, 6.45) is -4.29. The predicted octanol–water partition coefficient (Wildman–Crippen LogP) is 3.67. The minimum absolute atomic E-state index is 0.148. The zero-order valence-corrected chi connectivity index (χ0v) is 19.4. The fourth-order valence-electron chi connectivity index (χ4n) is 5.00. The van der Waals surface area contributed by atoms with Gasteiger partial charge in [0.1, 0.15) is 5.75 Å². The van der Waals surface area contributed by atoms with Crippen LogP contribution in [0.25, 0.3) is 0 Å². The van der Waals surface area contributed by atoms with Crippen LogP contribution >= 0.6 is 0 Å². The molecule has 0 unspecified atom stereocenters. The van der Waals surface area contributed by atoms with E-state index in [-0.39, 0.29) is 17.1 Å². The second kappa shape index (κ2) is 8.77. The topological polar surface area (TPSA) is 87.2 Å². The zero-order valence-electron chi connectivity index (χ0n) is 18.6. The quantitative estimate of drug-likeness (QED) is 0.677. The Morgan fingerprint density at radius 1 is 1.03 bits per heavy atom. The molecule has 1 aliphatic heterocycles. The number of carboxylic acids is 1. The lowest BCUT2D eigenvalue weighted by Gasteiger charge is -2.44. The number of benzene rings is 2. The van der Waals surface area contributed by atoms with Crippen molar-refractivity contribution < 1.29 is 36.2 Å². The third-order valence-electron chi connectivity index (χ3n) is 6.33. The van der Waals surface area contributed by atoms with Gasteiger partial charge in [-0.05, 0) is 68.1 Å². The van der Waals surface area contributed by atoms with Gasteiger partial charge in [-0.25, -0.2) is 8.42 Å². The fraction of sp³-hybridized carbons (Fsp3) is 0.435. The maximum absolute atomic E-state index is 13.7. The normalized spacial score (nSPS) is 23.6. The highest BCUT2D eigenvalue weighted by Crippen LogP contribution is 2.36. The van der Waals surface area contributed by atoms with E-state index < -0.39 is 40.4 Å². The van der Waals surface area contributed by atoms with Gasteiger partial charge in [0.15, 0.2) is 0 Å². The third-order valence-corrected chi connectivity index (χ3v) is 8.54. The van der Waals surface area contributed by atoms with Crippen LogP contribution in [0.15, 0.2) is 47.4 Å². The van der Waals surface area contributed by atoms with Crippen LogP contribution in [0, 0.1) is 5.92 Å². The minimum atomic E-state index is -4.77. The Morgan fingerprint density at radius 2 is 1.65 bits per heavy atom. The Labute approximate surface area is 195 Å². The van der Waals surface area contributed by atoms with Crippen LogP contribution in [0.2, 0.25) is 0 Å². The molecule has 1 aliphatic carbocycles. The molecule has 0 bridgehead atoms. The number of carboxylic acid groups (broad SMARTS) is 1. The Morgan fingerprint density at radius 3 is 2.21 bits per heavy atom. The van der Waals surface area contributed by atoms with Gasteiger partial charge in [0, 0.05) is 30.9 Å². The molecular formula is C23H25F3N2O5S. The first-order valence-corrected chi connectivity index (χ1v) is 12.3. The standard InChI is InChI=1S/C23H25F3N2O5S/c1-14-12-27(18-6-8-19(9-7-18)33-23(24,25)26)13-15(2)28(14)34(31,32)21-5-3-4-16-10-17(22(29)30)11-20(16)21/h3-9,14-15,17H,10-13H2,1-2H3,(H,29,30)/t14-,15+,17-/m0/s1. The maximum Gasteiger partial charge on any atom is 0.573 e. The molecule has 0 aromatic heterocycles. The summed E-state index contributed by atoms with van der Waals surface area (Å²) in [5.41, 5.74) is 1.97. The number of rotatable bonds is 5. The van der Waals surface area contributed by atoms with Gasteiger partial charge in [0.25, 0.3) is 0 Å². The number of piperazine rings is 1. The number of sulfonamides is 1. The molecule has 2 aliphatic rings. The largest absolute Gasteiger partial charge is 0.573 e. The van der Waals surface area contributed by atoms with Crippen molar-refractivity contribution in [1.29, 1.82) is 0 Å². The number of alkyl halides is 3. The van der Waals surface area contributed by atoms with Gasteiger partial charge in [-0.2, -0.15) is 4.31 Å². The molecule has 34 heavy (non-hydrogen) atoms. The molecule has 2 aromatic rings. The van der Waals surface area contributed by atoms with Gasteiger partial charge in [0.2, 0.25) is 10.0 Å². The van der Waals surface area contributed by atoms with Gasteiger partial charge < -0.3 is 14.7 Å². The third kappa shape index (κ3) is 4.72. The average Bonchev–Trinajstić information content (AvgIpc) is 3.17. The molecule has 0 amide bonds. The first-order chi connectivity index (χ1) is 15.9. The van der Waals surface area contributed by atoms with Gasteiger partial charge in [-0.15, -0.1) is 13.2 Å². The molecule has 1 fully saturated rings. The Hall–Kier alpha value is -2.79. The molecule has 0 spiro atoms. The number of halogens is 3. The van der Waals surface area contributed by atoms with Crippen molar-refractivity contribution >= 4 is 21.7 Å². The molecule has 0 radical (unpaired) electrons. The van der Waals surface area contributed by atoms with Gasteiger partial charge >= 0.3 is 12.3 Å². The van der Waals surface area contributed by atoms with Crippen molar-refractivity contribution in [1.82, 2.24) is 4.31 Å². The molecule has 4 rings (SSSR count). The lowest BCUT2D eigenvalue weighted by Crippen LogP contribution is -2.58. The number of anilines is 1. The Balaban J connectivity index is 1.55. The first-order valence-electron chi connectivity index (χ1n) is 10.8. The van der Waals surface area contributed by atoms with E-state index in [1.807, 2.05) is 4.90 Å². The summed E-state index contributed by atoms with van der Waals surface area (Å²) in [4.78, 5) is 13.5. The van der Waals surface area contributed by atoms with E-state index in [1.165, 1.54) is 34.6 Å². The number of hydrogen-bond donors (Lipinski definition) is 1. The summed E-state index contributed by atoms with van der Waals surface area (Å²) < 4.78 is 70.0. The molecular weight excluding hydrogens is 473 g/mol. The Bertz CT molecular complexity index is 1170. The maximum atomic E-state index is 13.7. The van der Waals surface area contributed by atoms with Crippen LogP contribution < -0.4 is 9.64 Å². The zero-order chi connectivity index (χ0) is 24.8. The number of fused-ring (bicyclic) bond motifs is 1. The van der Waals surface area contributed by atoms with Crippen LogP contribution in [-0.4, -0.2) is 55.3 Å². The summed E-state index contributed by atoms with van der Waals surface area (Å²) in [5.74, 6) is -1.90. The van der Waals surface area contributed by atoms with Crippen LogP contribution in [0.3, 0.4) is 0 Å². The average molecular weight is 499 g/mol. The summed E-state index contributed by atoms with van der Waals surface area (Å²) in [6.45, 7) is 4.25. The lowest BCUT2D eigenvalue weighted by atomic mass is 10.1. The SMILES string of the molecule is C[C@@H]1CN(c2ccc(OC(F)(F)F)cc2)C[C@H](C)N1S(=O)(=O)c1cccc2c1C[C@@H](C(=O)O)C2. The molecule has 184 valence electrons. The highest BCUT2D eigenvalue weighted by molar-refractivity contribution is 7.89. The van der Waals surface area contributed by atoms with E-state index in [0.29, 0.717) is 30.8 Å². The first kappa shape index (κ1) is 24.3. The van der Waals surface area contributed by atoms with E-state index in [0.717, 1.165) is 5.56 Å². The number of ether oxygens (including phenoxy) is 1. The lowest BCUT2D eigenvalue weighted by molar-refractivity contribution is -0.274. The Kier molecular flexibility index (Phi) is 6.28. The highest BCUT2D eigenvalue weighted by Gasteiger charge is 2.41. The van der Waals surface area contributed by atoms with Crippen LogP contribution in [-0.2, 0) is 27.7 Å². The molecule has 7 nitrogen and oxygen atoms in total. The van der Waals surface area contributed by atoms with E-state index in [4.69, 9.17) is 0 Å². The molecule has 0 saturated carbocycles. The van der Waals surface area contributed by atoms with Gasteiger partial charge in [-0.1, -0.05) is 12.1 Å². The second-order valence-corrected chi connectivity index (χ2v) is 10.6. The fourth-order valence-corrected chi connectivity index (χ4v) is 7.08. The van der Waals surface area contributed by atoms with Crippen molar-refractivity contribution in [3.8, 4) is 5.75 Å². The van der Waals surface area contributed by atoms with Crippen molar-refractivity contribution in [2.24, 2.45) is 5.92 Å². The van der Waals surface area contributed by atoms with Crippen molar-refractivity contribution in [3.05, 3.63) is 53.6 Å². The van der Waals surface area contributed by atoms with Gasteiger partial charge in [-0.3, -0.25) is 4.79 Å². The number of carbonyl (C=O) groups is 1. The summed E-state index contributed by atoms with van der Waals surface area (Å²) in [5, 5.41) is 9.39. The molecule has 1 heterocycles. The van der Waals surface area contributed by atoms with Crippen LogP contribution in [0.1, 0.15) is 25.0 Å². The molecule has 3 atom stereocenters. The van der Waals surface area contributed by atoms with E-state index in [1.54, 1.807) is 26.0 Å². The monoisotopic (exact) mass is 498 g/mol. The van der Waals surface area contributed by atoms with Crippen LogP contribution in [0.4, 0.5) is 18.9 Å². The van der Waals surface area contributed by atoms with E-state index in [2.05, 4.69) is 4.74 Å². The van der Waals surface area contributed by atoms with Crippen molar-refractivity contribution in [2.45, 2.75) is 50.0 Å². The summed E-state index contributed by atoms with van der Waals surface area (Å²) in [7, 11) is -3.90. The number of aliphatic carboxylic acids is 1. The number of hydrogen-bond acceptors (Lipinski definition) is 5. The molecule has 11 heteroatoms. The highest BCUT2D eigenvalue weighted by atomic mass is 32.2. The molecule has 2 aromatic carbocycles.